The highest BCUT2D eigenvalue weighted by Crippen LogP contribution is 2.22. The van der Waals surface area contributed by atoms with Crippen LogP contribution in [-0.4, -0.2) is 39.7 Å². The molecule has 1 atom stereocenters. The van der Waals surface area contributed by atoms with Gasteiger partial charge in [0.05, 0.1) is 18.6 Å². The molecule has 0 aromatic carbocycles. The fraction of sp³-hybridized carbons (Fsp3) is 0.400. The number of carbonyl (C=O) groups excluding carboxylic acids is 2. The zero-order valence-corrected chi connectivity index (χ0v) is 12.9. The predicted octanol–water partition coefficient (Wildman–Crippen LogP) is 1.59. The summed E-state index contributed by atoms with van der Waals surface area (Å²) in [6, 6.07) is 3.60. The molecule has 0 bridgehead atoms. The topological polar surface area (TPSA) is 92.4 Å². The van der Waals surface area contributed by atoms with Gasteiger partial charge in [0.15, 0.2) is 5.82 Å². The average molecular weight is 317 g/mol. The average Bonchev–Trinajstić information content (AvgIpc) is 3.24. The van der Waals surface area contributed by atoms with Crippen molar-refractivity contribution in [3.8, 4) is 0 Å². The second-order valence-electron chi connectivity index (χ2n) is 5.54. The Balaban J connectivity index is 1.52. The van der Waals surface area contributed by atoms with Crippen LogP contribution in [-0.2, 0) is 11.3 Å². The summed E-state index contributed by atoms with van der Waals surface area (Å²) < 4.78 is 6.77. The maximum Gasteiger partial charge on any atom is 0.317 e. The Morgan fingerprint density at radius 3 is 3.04 bits per heavy atom. The van der Waals surface area contributed by atoms with Crippen LogP contribution >= 0.6 is 0 Å². The van der Waals surface area contributed by atoms with Gasteiger partial charge in [0, 0.05) is 44.4 Å². The number of furan rings is 1. The van der Waals surface area contributed by atoms with Crippen LogP contribution < -0.4 is 10.6 Å². The number of urea groups is 1. The standard InChI is InChI=1S/C15H19N5O3/c1-11(21)17-14-3-6-20(18-14)13-2-5-19(9-13)15(22)16-8-12-4-7-23-10-12/h3-4,6-7,10,13H,2,5,8-9H2,1H3,(H,16,22)(H,17,18,21). The third kappa shape index (κ3) is 3.71. The first-order chi connectivity index (χ1) is 11.1. The minimum atomic E-state index is -0.151. The lowest BCUT2D eigenvalue weighted by molar-refractivity contribution is -0.114. The first kappa shape index (κ1) is 15.1. The second-order valence-corrected chi connectivity index (χ2v) is 5.54. The summed E-state index contributed by atoms with van der Waals surface area (Å²) >= 11 is 0. The number of anilines is 1. The highest BCUT2D eigenvalue weighted by molar-refractivity contribution is 5.87. The fourth-order valence-electron chi connectivity index (χ4n) is 2.61. The quantitative estimate of drug-likeness (QED) is 0.895. The number of likely N-dealkylation sites (tertiary alicyclic amines) is 1. The van der Waals surface area contributed by atoms with Crippen molar-refractivity contribution < 1.29 is 14.0 Å². The maximum atomic E-state index is 12.2. The van der Waals surface area contributed by atoms with Gasteiger partial charge in [-0.2, -0.15) is 5.10 Å². The van der Waals surface area contributed by atoms with E-state index >= 15 is 0 Å². The van der Waals surface area contributed by atoms with Gasteiger partial charge in [0.2, 0.25) is 5.91 Å². The lowest BCUT2D eigenvalue weighted by Crippen LogP contribution is -2.38. The SMILES string of the molecule is CC(=O)Nc1ccn(C2CCN(C(=O)NCc3ccoc3)C2)n1. The summed E-state index contributed by atoms with van der Waals surface area (Å²) in [5.74, 6) is 0.377. The molecule has 2 aromatic heterocycles. The van der Waals surface area contributed by atoms with Gasteiger partial charge < -0.3 is 20.0 Å². The Bertz CT molecular complexity index is 679. The van der Waals surface area contributed by atoms with Crippen LogP contribution in [0.15, 0.2) is 35.3 Å². The molecule has 23 heavy (non-hydrogen) atoms. The molecule has 1 aliphatic rings. The molecular formula is C15H19N5O3. The van der Waals surface area contributed by atoms with Crippen LogP contribution in [0.3, 0.4) is 0 Å². The molecule has 0 aliphatic carbocycles. The molecule has 0 radical (unpaired) electrons. The van der Waals surface area contributed by atoms with Gasteiger partial charge in [-0.15, -0.1) is 0 Å². The molecule has 0 saturated carbocycles. The lowest BCUT2D eigenvalue weighted by atomic mass is 10.3. The fourth-order valence-corrected chi connectivity index (χ4v) is 2.61. The van der Waals surface area contributed by atoms with Crippen molar-refractivity contribution in [2.75, 3.05) is 18.4 Å². The van der Waals surface area contributed by atoms with Crippen molar-refractivity contribution in [1.29, 1.82) is 0 Å². The zero-order valence-electron chi connectivity index (χ0n) is 12.9. The van der Waals surface area contributed by atoms with Crippen LogP contribution in [0.4, 0.5) is 10.6 Å². The largest absolute Gasteiger partial charge is 0.472 e. The smallest absolute Gasteiger partial charge is 0.317 e. The summed E-state index contributed by atoms with van der Waals surface area (Å²) in [5, 5.41) is 9.84. The summed E-state index contributed by atoms with van der Waals surface area (Å²) in [6.45, 7) is 3.17. The van der Waals surface area contributed by atoms with E-state index in [0.717, 1.165) is 12.0 Å². The van der Waals surface area contributed by atoms with Crippen molar-refractivity contribution in [3.05, 3.63) is 36.4 Å². The molecule has 8 heteroatoms. The summed E-state index contributed by atoms with van der Waals surface area (Å²) in [5.41, 5.74) is 0.932. The Morgan fingerprint density at radius 2 is 2.30 bits per heavy atom. The summed E-state index contributed by atoms with van der Waals surface area (Å²) in [6.07, 6.45) is 5.85. The van der Waals surface area contributed by atoms with E-state index in [-0.39, 0.29) is 18.0 Å². The van der Waals surface area contributed by atoms with E-state index in [1.54, 1.807) is 28.2 Å². The minimum absolute atomic E-state index is 0.0945. The van der Waals surface area contributed by atoms with E-state index in [2.05, 4.69) is 15.7 Å². The van der Waals surface area contributed by atoms with Crippen molar-refractivity contribution >= 4 is 17.8 Å². The summed E-state index contributed by atoms with van der Waals surface area (Å²) in [7, 11) is 0. The number of amides is 3. The first-order valence-corrected chi connectivity index (χ1v) is 7.48. The first-order valence-electron chi connectivity index (χ1n) is 7.48. The van der Waals surface area contributed by atoms with Crippen molar-refractivity contribution in [2.24, 2.45) is 0 Å². The monoisotopic (exact) mass is 317 g/mol. The van der Waals surface area contributed by atoms with Gasteiger partial charge in [0.25, 0.3) is 0 Å². The molecule has 3 rings (SSSR count). The van der Waals surface area contributed by atoms with Crippen molar-refractivity contribution in [1.82, 2.24) is 20.0 Å². The highest BCUT2D eigenvalue weighted by Gasteiger charge is 2.27. The zero-order chi connectivity index (χ0) is 16.2. The maximum absolute atomic E-state index is 12.2. The highest BCUT2D eigenvalue weighted by atomic mass is 16.3. The van der Waals surface area contributed by atoms with Crippen LogP contribution in [0.5, 0.6) is 0 Å². The number of nitrogens with zero attached hydrogens (tertiary/aromatic N) is 3. The van der Waals surface area contributed by atoms with E-state index in [1.807, 2.05) is 12.3 Å². The molecule has 1 fully saturated rings. The molecule has 1 unspecified atom stereocenters. The Kier molecular flexibility index (Phi) is 4.31. The van der Waals surface area contributed by atoms with Crippen LogP contribution in [0, 0.1) is 0 Å². The number of hydrogen-bond donors (Lipinski definition) is 2. The van der Waals surface area contributed by atoms with Crippen molar-refractivity contribution in [2.45, 2.75) is 25.9 Å². The molecular weight excluding hydrogens is 298 g/mol. The molecule has 2 N–H and O–H groups in total. The molecule has 122 valence electrons. The summed E-state index contributed by atoms with van der Waals surface area (Å²) in [4.78, 5) is 25.0. The van der Waals surface area contributed by atoms with Crippen LogP contribution in [0.1, 0.15) is 24.9 Å². The third-order valence-electron chi connectivity index (χ3n) is 3.76. The third-order valence-corrected chi connectivity index (χ3v) is 3.76. The van der Waals surface area contributed by atoms with Gasteiger partial charge in [-0.25, -0.2) is 4.79 Å². The number of hydrogen-bond acceptors (Lipinski definition) is 4. The Hall–Kier alpha value is -2.77. The number of nitrogens with one attached hydrogen (secondary N) is 2. The van der Waals surface area contributed by atoms with Crippen LogP contribution in [0.2, 0.25) is 0 Å². The van der Waals surface area contributed by atoms with Gasteiger partial charge >= 0.3 is 6.03 Å². The predicted molar refractivity (Wildman–Crippen MR) is 82.7 cm³/mol. The van der Waals surface area contributed by atoms with E-state index in [9.17, 15) is 9.59 Å². The molecule has 8 nitrogen and oxygen atoms in total. The molecule has 0 spiro atoms. The number of rotatable bonds is 4. The normalized spacial score (nSPS) is 17.3. The molecule has 1 saturated heterocycles. The van der Waals surface area contributed by atoms with Gasteiger partial charge in [-0.05, 0) is 12.5 Å². The Labute approximate surface area is 133 Å². The van der Waals surface area contributed by atoms with E-state index in [0.29, 0.717) is 25.5 Å². The molecule has 1 aliphatic heterocycles. The lowest BCUT2D eigenvalue weighted by Gasteiger charge is -2.17. The van der Waals surface area contributed by atoms with Crippen molar-refractivity contribution in [3.63, 3.8) is 0 Å². The van der Waals surface area contributed by atoms with E-state index in [4.69, 9.17) is 4.42 Å². The van der Waals surface area contributed by atoms with Gasteiger partial charge in [-0.3, -0.25) is 9.48 Å². The second kappa shape index (κ2) is 6.55. The van der Waals surface area contributed by atoms with E-state index < -0.39 is 0 Å². The number of carbonyl (C=O) groups is 2. The van der Waals surface area contributed by atoms with E-state index in [1.165, 1.54) is 6.92 Å². The number of aromatic nitrogens is 2. The minimum Gasteiger partial charge on any atom is -0.472 e. The van der Waals surface area contributed by atoms with Crippen LogP contribution in [0.25, 0.3) is 0 Å². The van der Waals surface area contributed by atoms with Gasteiger partial charge in [-0.1, -0.05) is 0 Å². The molecule has 3 heterocycles. The Morgan fingerprint density at radius 1 is 1.43 bits per heavy atom. The molecule has 3 amide bonds. The van der Waals surface area contributed by atoms with Gasteiger partial charge in [0.1, 0.15) is 0 Å². The molecule has 2 aromatic rings.